The minimum atomic E-state index is 0.0136. The molecule has 0 spiro atoms. The van der Waals surface area contributed by atoms with Crippen molar-refractivity contribution >= 4 is 23.0 Å². The van der Waals surface area contributed by atoms with Gasteiger partial charge in [-0.25, -0.2) is 0 Å². The smallest absolute Gasteiger partial charge is 0.228 e. The van der Waals surface area contributed by atoms with Crippen LogP contribution in [0.1, 0.15) is 16.7 Å². The number of nitrogens with one attached hydrogen (secondary N) is 2. The third kappa shape index (κ3) is 2.30. The first-order valence-corrected chi connectivity index (χ1v) is 6.49. The molecule has 0 fully saturated rings. The van der Waals surface area contributed by atoms with Crippen LogP contribution in [0.15, 0.2) is 30.6 Å². The molecule has 0 aliphatic carbocycles. The van der Waals surface area contributed by atoms with Crippen molar-refractivity contribution in [2.75, 3.05) is 16.4 Å². The van der Waals surface area contributed by atoms with Gasteiger partial charge in [0.2, 0.25) is 5.91 Å². The number of aromatic nitrogens is 1. The monoisotopic (exact) mass is 268 g/mol. The summed E-state index contributed by atoms with van der Waals surface area (Å²) in [5.41, 5.74) is 11.6. The molecule has 0 saturated carbocycles. The van der Waals surface area contributed by atoms with E-state index in [1.807, 2.05) is 31.3 Å². The van der Waals surface area contributed by atoms with E-state index >= 15 is 0 Å². The van der Waals surface area contributed by atoms with Crippen LogP contribution in [0.4, 0.5) is 17.1 Å². The Balaban J connectivity index is 1.80. The third-order valence-electron chi connectivity index (χ3n) is 3.52. The van der Waals surface area contributed by atoms with Gasteiger partial charge in [-0.2, -0.15) is 0 Å². The fourth-order valence-electron chi connectivity index (χ4n) is 2.32. The molecule has 0 radical (unpaired) electrons. The number of aryl methyl sites for hydroxylation is 1. The molecule has 20 heavy (non-hydrogen) atoms. The lowest BCUT2D eigenvalue weighted by Crippen LogP contribution is -2.05. The molecule has 1 amide bonds. The highest BCUT2D eigenvalue weighted by Gasteiger charge is 2.19. The molecule has 4 N–H and O–H groups in total. The van der Waals surface area contributed by atoms with Crippen LogP contribution in [0.5, 0.6) is 0 Å². The van der Waals surface area contributed by atoms with E-state index in [4.69, 9.17) is 5.73 Å². The van der Waals surface area contributed by atoms with Gasteiger partial charge < -0.3 is 16.4 Å². The zero-order valence-electron chi connectivity index (χ0n) is 11.2. The fourth-order valence-corrected chi connectivity index (χ4v) is 2.32. The van der Waals surface area contributed by atoms with Gasteiger partial charge in [-0.1, -0.05) is 0 Å². The maximum Gasteiger partial charge on any atom is 0.228 e. The Morgan fingerprint density at radius 1 is 1.45 bits per heavy atom. The summed E-state index contributed by atoms with van der Waals surface area (Å²) < 4.78 is 0. The standard InChI is InChI=1S/C15H16N4O/c1-9-2-3-17-7-11(9)8-18-14-6-13-10(4-12(14)16)5-15(20)19-13/h2-4,6-7,18H,5,8,16H2,1H3,(H,19,20). The largest absolute Gasteiger partial charge is 0.397 e. The van der Waals surface area contributed by atoms with Crippen LogP contribution >= 0.6 is 0 Å². The molecule has 0 bridgehead atoms. The van der Waals surface area contributed by atoms with Crippen LogP contribution in [0.2, 0.25) is 0 Å². The Morgan fingerprint density at radius 2 is 2.30 bits per heavy atom. The highest BCUT2D eigenvalue weighted by Crippen LogP contribution is 2.31. The number of benzene rings is 1. The summed E-state index contributed by atoms with van der Waals surface area (Å²) in [5.74, 6) is 0.0136. The number of fused-ring (bicyclic) bond motifs is 1. The average Bonchev–Trinajstić information content (AvgIpc) is 2.76. The van der Waals surface area contributed by atoms with E-state index in [2.05, 4.69) is 15.6 Å². The molecule has 5 nitrogen and oxygen atoms in total. The normalized spacial score (nSPS) is 12.9. The number of pyridine rings is 1. The number of anilines is 3. The minimum Gasteiger partial charge on any atom is -0.397 e. The predicted molar refractivity (Wildman–Crippen MR) is 79.5 cm³/mol. The van der Waals surface area contributed by atoms with Gasteiger partial charge in [-0.05, 0) is 41.8 Å². The van der Waals surface area contributed by atoms with E-state index in [-0.39, 0.29) is 5.91 Å². The molecule has 102 valence electrons. The van der Waals surface area contributed by atoms with E-state index in [1.165, 1.54) is 5.56 Å². The summed E-state index contributed by atoms with van der Waals surface area (Å²) >= 11 is 0. The van der Waals surface area contributed by atoms with Gasteiger partial charge >= 0.3 is 0 Å². The van der Waals surface area contributed by atoms with Crippen molar-refractivity contribution < 1.29 is 4.79 Å². The first-order chi connectivity index (χ1) is 9.63. The molecule has 5 heteroatoms. The summed E-state index contributed by atoms with van der Waals surface area (Å²) in [6, 6.07) is 5.72. The molecule has 0 saturated heterocycles. The molecular weight excluding hydrogens is 252 g/mol. The maximum absolute atomic E-state index is 11.4. The van der Waals surface area contributed by atoms with Crippen LogP contribution in [-0.2, 0) is 17.8 Å². The van der Waals surface area contributed by atoms with Gasteiger partial charge in [-0.3, -0.25) is 9.78 Å². The second kappa shape index (κ2) is 4.85. The molecule has 0 unspecified atom stereocenters. The van der Waals surface area contributed by atoms with Gasteiger partial charge in [0.15, 0.2) is 0 Å². The van der Waals surface area contributed by atoms with E-state index in [0.29, 0.717) is 18.7 Å². The number of nitrogens with two attached hydrogens (primary N) is 1. The Morgan fingerprint density at radius 3 is 3.10 bits per heavy atom. The van der Waals surface area contributed by atoms with Gasteiger partial charge in [-0.15, -0.1) is 0 Å². The Kier molecular flexibility index (Phi) is 3.02. The van der Waals surface area contributed by atoms with Gasteiger partial charge in [0, 0.05) is 24.6 Å². The molecular formula is C15H16N4O. The van der Waals surface area contributed by atoms with E-state index < -0.39 is 0 Å². The third-order valence-corrected chi connectivity index (χ3v) is 3.52. The molecule has 2 heterocycles. The lowest BCUT2D eigenvalue weighted by molar-refractivity contribution is -0.115. The Labute approximate surface area is 117 Å². The SMILES string of the molecule is Cc1ccncc1CNc1cc2c(cc1N)CC(=O)N2. The number of hydrogen-bond acceptors (Lipinski definition) is 4. The molecule has 2 aromatic rings. The first-order valence-electron chi connectivity index (χ1n) is 6.49. The highest BCUT2D eigenvalue weighted by molar-refractivity contribution is 6.00. The van der Waals surface area contributed by atoms with Gasteiger partial charge in [0.1, 0.15) is 0 Å². The molecule has 0 atom stereocenters. The summed E-state index contributed by atoms with van der Waals surface area (Å²) in [4.78, 5) is 15.5. The maximum atomic E-state index is 11.4. The van der Waals surface area contributed by atoms with E-state index in [0.717, 1.165) is 22.5 Å². The van der Waals surface area contributed by atoms with Crippen molar-refractivity contribution in [3.8, 4) is 0 Å². The van der Waals surface area contributed by atoms with Crippen LogP contribution in [0, 0.1) is 6.92 Å². The van der Waals surface area contributed by atoms with Crippen molar-refractivity contribution in [1.29, 1.82) is 0 Å². The summed E-state index contributed by atoms with van der Waals surface area (Å²) in [7, 11) is 0. The number of nitrogen functional groups attached to an aromatic ring is 1. The number of nitrogens with zero attached hydrogens (tertiary/aromatic N) is 1. The summed E-state index contributed by atoms with van der Waals surface area (Å²) in [6.45, 7) is 2.70. The zero-order chi connectivity index (χ0) is 14.1. The molecule has 1 aromatic carbocycles. The molecule has 1 aliphatic rings. The Hall–Kier alpha value is -2.56. The molecule has 3 rings (SSSR count). The van der Waals surface area contributed by atoms with Gasteiger partial charge in [0.05, 0.1) is 17.8 Å². The quantitative estimate of drug-likeness (QED) is 0.745. The second-order valence-electron chi connectivity index (χ2n) is 4.98. The van der Waals surface area contributed by atoms with Crippen molar-refractivity contribution in [1.82, 2.24) is 4.98 Å². The number of carbonyl (C=O) groups excluding carboxylic acids is 1. The molecule has 1 aliphatic heterocycles. The van der Waals surface area contributed by atoms with Crippen molar-refractivity contribution in [3.05, 3.63) is 47.3 Å². The Bertz CT molecular complexity index is 682. The predicted octanol–water partition coefficient (Wildman–Crippen LogP) is 2.08. The van der Waals surface area contributed by atoms with Gasteiger partial charge in [0.25, 0.3) is 0 Å². The lowest BCUT2D eigenvalue weighted by atomic mass is 10.1. The fraction of sp³-hybridized carbons (Fsp3) is 0.200. The van der Waals surface area contributed by atoms with Crippen LogP contribution < -0.4 is 16.4 Å². The van der Waals surface area contributed by atoms with Crippen molar-refractivity contribution in [2.24, 2.45) is 0 Å². The highest BCUT2D eigenvalue weighted by atomic mass is 16.1. The van der Waals surface area contributed by atoms with Crippen LogP contribution in [-0.4, -0.2) is 10.9 Å². The minimum absolute atomic E-state index is 0.0136. The number of amides is 1. The number of rotatable bonds is 3. The first kappa shape index (κ1) is 12.5. The van der Waals surface area contributed by atoms with E-state index in [9.17, 15) is 4.79 Å². The van der Waals surface area contributed by atoms with E-state index in [1.54, 1.807) is 6.20 Å². The summed E-state index contributed by atoms with van der Waals surface area (Å²) in [6.07, 6.45) is 4.02. The topological polar surface area (TPSA) is 80.0 Å². The zero-order valence-corrected chi connectivity index (χ0v) is 11.2. The number of carbonyl (C=O) groups is 1. The van der Waals surface area contributed by atoms with Crippen molar-refractivity contribution in [2.45, 2.75) is 19.9 Å². The number of hydrogen-bond donors (Lipinski definition) is 3. The summed E-state index contributed by atoms with van der Waals surface area (Å²) in [5, 5.41) is 6.13. The van der Waals surface area contributed by atoms with Crippen LogP contribution in [0.3, 0.4) is 0 Å². The lowest BCUT2D eigenvalue weighted by Gasteiger charge is -2.12. The molecule has 1 aromatic heterocycles. The van der Waals surface area contributed by atoms with Crippen LogP contribution in [0.25, 0.3) is 0 Å². The average molecular weight is 268 g/mol. The second-order valence-corrected chi connectivity index (χ2v) is 4.98. The van der Waals surface area contributed by atoms with Crippen molar-refractivity contribution in [3.63, 3.8) is 0 Å².